The van der Waals surface area contributed by atoms with Crippen molar-refractivity contribution < 1.29 is 4.74 Å². The van der Waals surface area contributed by atoms with Gasteiger partial charge in [0.1, 0.15) is 0 Å². The fourth-order valence-electron chi connectivity index (χ4n) is 1.31. The minimum absolute atomic E-state index is 0.125. The predicted octanol–water partition coefficient (Wildman–Crippen LogP) is 3.42. The molecule has 4 heteroatoms. The van der Waals surface area contributed by atoms with E-state index in [0.29, 0.717) is 16.6 Å². The lowest BCUT2D eigenvalue weighted by Crippen LogP contribution is -2.19. The van der Waals surface area contributed by atoms with Gasteiger partial charge in [-0.05, 0) is 31.5 Å². The first-order valence-electron chi connectivity index (χ1n) is 4.85. The summed E-state index contributed by atoms with van der Waals surface area (Å²) in [6.07, 6.45) is 0.00719. The van der Waals surface area contributed by atoms with Crippen LogP contribution in [-0.4, -0.2) is 12.6 Å². The van der Waals surface area contributed by atoms with Crippen molar-refractivity contribution in [2.24, 2.45) is 5.73 Å². The SMILES string of the molecule is CC(C)O[C@H](CN)c1ccc(Cl)c(Cl)c1. The van der Waals surface area contributed by atoms with Gasteiger partial charge >= 0.3 is 0 Å². The molecule has 0 fully saturated rings. The van der Waals surface area contributed by atoms with E-state index < -0.39 is 0 Å². The van der Waals surface area contributed by atoms with E-state index in [9.17, 15) is 0 Å². The zero-order chi connectivity index (χ0) is 11.4. The van der Waals surface area contributed by atoms with E-state index >= 15 is 0 Å². The Hall–Kier alpha value is -0.280. The van der Waals surface area contributed by atoms with Gasteiger partial charge in [-0.25, -0.2) is 0 Å². The number of rotatable bonds is 4. The van der Waals surface area contributed by atoms with E-state index in [1.807, 2.05) is 19.9 Å². The lowest BCUT2D eigenvalue weighted by Gasteiger charge is -2.19. The quantitative estimate of drug-likeness (QED) is 0.886. The number of hydrogen-bond acceptors (Lipinski definition) is 2. The highest BCUT2D eigenvalue weighted by Gasteiger charge is 2.13. The van der Waals surface area contributed by atoms with Gasteiger partial charge in [0.05, 0.1) is 22.3 Å². The Kier molecular flexibility index (Phi) is 4.87. The van der Waals surface area contributed by atoms with E-state index in [1.165, 1.54) is 0 Å². The second kappa shape index (κ2) is 5.71. The van der Waals surface area contributed by atoms with Crippen LogP contribution in [-0.2, 0) is 4.74 Å². The molecule has 1 atom stereocenters. The van der Waals surface area contributed by atoms with E-state index in [1.54, 1.807) is 12.1 Å². The summed E-state index contributed by atoms with van der Waals surface area (Å²) in [4.78, 5) is 0. The highest BCUT2D eigenvalue weighted by molar-refractivity contribution is 6.42. The number of ether oxygens (including phenoxy) is 1. The second-order valence-electron chi connectivity index (χ2n) is 3.58. The van der Waals surface area contributed by atoms with Crippen LogP contribution in [0.15, 0.2) is 18.2 Å². The second-order valence-corrected chi connectivity index (χ2v) is 4.40. The molecule has 84 valence electrons. The third kappa shape index (κ3) is 3.65. The first kappa shape index (κ1) is 12.8. The topological polar surface area (TPSA) is 35.2 Å². The maximum absolute atomic E-state index is 5.92. The van der Waals surface area contributed by atoms with Crippen LogP contribution in [0, 0.1) is 0 Å². The van der Waals surface area contributed by atoms with Crippen LogP contribution < -0.4 is 5.73 Å². The van der Waals surface area contributed by atoms with Crippen LogP contribution >= 0.6 is 23.2 Å². The first-order valence-corrected chi connectivity index (χ1v) is 5.60. The average Bonchev–Trinajstić information content (AvgIpc) is 2.18. The molecule has 0 aliphatic heterocycles. The molecule has 0 saturated carbocycles. The van der Waals surface area contributed by atoms with Crippen LogP contribution in [0.5, 0.6) is 0 Å². The molecule has 0 bridgehead atoms. The van der Waals surface area contributed by atoms with Gasteiger partial charge in [0.2, 0.25) is 0 Å². The molecule has 1 rings (SSSR count). The molecule has 2 nitrogen and oxygen atoms in total. The summed E-state index contributed by atoms with van der Waals surface area (Å²) in [6, 6.07) is 5.43. The van der Waals surface area contributed by atoms with Gasteiger partial charge in [-0.1, -0.05) is 29.3 Å². The molecule has 0 saturated heterocycles. The Labute approximate surface area is 100 Å². The van der Waals surface area contributed by atoms with Gasteiger partial charge in [0, 0.05) is 6.54 Å². The van der Waals surface area contributed by atoms with Crippen molar-refractivity contribution in [3.63, 3.8) is 0 Å². The van der Waals surface area contributed by atoms with Gasteiger partial charge in [0.15, 0.2) is 0 Å². The first-order chi connectivity index (χ1) is 7.04. The summed E-state index contributed by atoms with van der Waals surface area (Å²) in [5.41, 5.74) is 6.60. The van der Waals surface area contributed by atoms with Gasteiger partial charge < -0.3 is 10.5 Å². The third-order valence-electron chi connectivity index (χ3n) is 1.97. The van der Waals surface area contributed by atoms with Crippen molar-refractivity contribution in [3.8, 4) is 0 Å². The van der Waals surface area contributed by atoms with E-state index in [4.69, 9.17) is 33.7 Å². The van der Waals surface area contributed by atoms with Crippen molar-refractivity contribution >= 4 is 23.2 Å². The number of nitrogens with two attached hydrogens (primary N) is 1. The molecule has 0 amide bonds. The number of benzene rings is 1. The number of hydrogen-bond donors (Lipinski definition) is 1. The van der Waals surface area contributed by atoms with Gasteiger partial charge in [-0.3, -0.25) is 0 Å². The highest BCUT2D eigenvalue weighted by atomic mass is 35.5. The molecule has 0 spiro atoms. The fourth-order valence-corrected chi connectivity index (χ4v) is 1.62. The van der Waals surface area contributed by atoms with Gasteiger partial charge in [-0.2, -0.15) is 0 Å². The molecule has 0 aliphatic carbocycles. The molecule has 1 aromatic rings. The fraction of sp³-hybridized carbons (Fsp3) is 0.455. The molecular weight excluding hydrogens is 233 g/mol. The summed E-state index contributed by atoms with van der Waals surface area (Å²) >= 11 is 11.8. The zero-order valence-corrected chi connectivity index (χ0v) is 10.3. The van der Waals surface area contributed by atoms with Crippen LogP contribution in [0.25, 0.3) is 0 Å². The van der Waals surface area contributed by atoms with Crippen LogP contribution in [0.3, 0.4) is 0 Å². The minimum atomic E-state index is -0.125. The van der Waals surface area contributed by atoms with Gasteiger partial charge in [-0.15, -0.1) is 0 Å². The molecule has 0 aliphatic rings. The van der Waals surface area contributed by atoms with Crippen molar-refractivity contribution in [3.05, 3.63) is 33.8 Å². The molecule has 0 unspecified atom stereocenters. The lowest BCUT2D eigenvalue weighted by atomic mass is 10.1. The Morgan fingerprint density at radius 3 is 2.40 bits per heavy atom. The van der Waals surface area contributed by atoms with Crippen molar-refractivity contribution in [2.75, 3.05) is 6.54 Å². The smallest absolute Gasteiger partial charge is 0.0951 e. The predicted molar refractivity (Wildman–Crippen MR) is 64.5 cm³/mol. The summed E-state index contributed by atoms with van der Waals surface area (Å²) in [5.74, 6) is 0. The van der Waals surface area contributed by atoms with Crippen molar-refractivity contribution in [2.45, 2.75) is 26.1 Å². The Balaban J connectivity index is 2.87. The Morgan fingerprint density at radius 2 is 1.93 bits per heavy atom. The molecule has 0 radical (unpaired) electrons. The summed E-state index contributed by atoms with van der Waals surface area (Å²) < 4.78 is 5.65. The molecule has 1 aromatic carbocycles. The van der Waals surface area contributed by atoms with Crippen LogP contribution in [0.1, 0.15) is 25.5 Å². The maximum atomic E-state index is 5.92. The monoisotopic (exact) mass is 247 g/mol. The standard InChI is InChI=1S/C11H15Cl2NO/c1-7(2)15-11(6-14)8-3-4-9(12)10(13)5-8/h3-5,7,11H,6,14H2,1-2H3/t11-/m1/s1. The van der Waals surface area contributed by atoms with E-state index in [2.05, 4.69) is 0 Å². The largest absolute Gasteiger partial charge is 0.370 e. The van der Waals surface area contributed by atoms with E-state index in [-0.39, 0.29) is 12.2 Å². The molecular formula is C11H15Cl2NO. The zero-order valence-electron chi connectivity index (χ0n) is 8.84. The van der Waals surface area contributed by atoms with Crippen molar-refractivity contribution in [1.82, 2.24) is 0 Å². The van der Waals surface area contributed by atoms with Gasteiger partial charge in [0.25, 0.3) is 0 Å². The number of halogens is 2. The average molecular weight is 248 g/mol. The van der Waals surface area contributed by atoms with Crippen molar-refractivity contribution in [1.29, 1.82) is 0 Å². The van der Waals surface area contributed by atoms with E-state index in [0.717, 1.165) is 5.56 Å². The normalized spacial score (nSPS) is 13.2. The maximum Gasteiger partial charge on any atom is 0.0951 e. The highest BCUT2D eigenvalue weighted by Crippen LogP contribution is 2.27. The molecule has 0 heterocycles. The van der Waals surface area contributed by atoms with Crippen LogP contribution in [0.4, 0.5) is 0 Å². The Bertz CT molecular complexity index is 328. The summed E-state index contributed by atoms with van der Waals surface area (Å²) in [5, 5.41) is 1.07. The lowest BCUT2D eigenvalue weighted by molar-refractivity contribution is 0.0120. The summed E-state index contributed by atoms with van der Waals surface area (Å²) in [7, 11) is 0. The molecule has 0 aromatic heterocycles. The Morgan fingerprint density at radius 1 is 1.27 bits per heavy atom. The molecule has 15 heavy (non-hydrogen) atoms. The van der Waals surface area contributed by atoms with Crippen LogP contribution in [0.2, 0.25) is 10.0 Å². The molecule has 2 N–H and O–H groups in total. The minimum Gasteiger partial charge on any atom is -0.370 e. The third-order valence-corrected chi connectivity index (χ3v) is 2.70. The summed E-state index contributed by atoms with van der Waals surface area (Å²) in [6.45, 7) is 4.37.